The van der Waals surface area contributed by atoms with E-state index in [-0.39, 0.29) is 11.7 Å². The van der Waals surface area contributed by atoms with Gasteiger partial charge >= 0.3 is 0 Å². The smallest absolute Gasteiger partial charge is 0.258 e. The molecule has 0 bridgehead atoms. The predicted octanol–water partition coefficient (Wildman–Crippen LogP) is 2.88. The van der Waals surface area contributed by atoms with Crippen molar-refractivity contribution in [3.8, 4) is 5.75 Å². The second-order valence-corrected chi connectivity index (χ2v) is 5.45. The van der Waals surface area contributed by atoms with Crippen molar-refractivity contribution in [1.82, 2.24) is 0 Å². The van der Waals surface area contributed by atoms with Gasteiger partial charge in [-0.2, -0.15) is 0 Å². The van der Waals surface area contributed by atoms with Gasteiger partial charge in [-0.25, -0.2) is 0 Å². The minimum atomic E-state index is -0.0294. The molecule has 2 aromatic rings. The summed E-state index contributed by atoms with van der Waals surface area (Å²) in [5.41, 5.74) is 10.0. The van der Waals surface area contributed by atoms with E-state index in [0.717, 1.165) is 35.3 Å². The third-order valence-corrected chi connectivity index (χ3v) is 3.91. The Labute approximate surface area is 123 Å². The summed E-state index contributed by atoms with van der Waals surface area (Å²) >= 11 is 0. The second kappa shape index (κ2) is 5.13. The summed E-state index contributed by atoms with van der Waals surface area (Å²) in [5, 5.41) is 9.48. The van der Waals surface area contributed by atoms with Crippen molar-refractivity contribution in [2.24, 2.45) is 0 Å². The molecule has 1 heterocycles. The molecule has 1 aliphatic rings. The average molecular weight is 282 g/mol. The van der Waals surface area contributed by atoms with Crippen molar-refractivity contribution < 1.29 is 9.90 Å². The van der Waals surface area contributed by atoms with Crippen LogP contribution in [0.4, 0.5) is 11.4 Å². The number of anilines is 2. The molecule has 0 unspecified atom stereocenters. The van der Waals surface area contributed by atoms with Crippen LogP contribution in [0.25, 0.3) is 0 Å². The zero-order valence-corrected chi connectivity index (χ0v) is 12.0. The topological polar surface area (TPSA) is 66.6 Å². The van der Waals surface area contributed by atoms with Crippen molar-refractivity contribution in [2.75, 3.05) is 17.2 Å². The molecule has 0 aromatic heterocycles. The summed E-state index contributed by atoms with van der Waals surface area (Å²) in [6.45, 7) is 2.54. The number of amides is 1. The first-order chi connectivity index (χ1) is 10.1. The third kappa shape index (κ3) is 2.44. The highest BCUT2D eigenvalue weighted by Gasteiger charge is 2.24. The molecule has 2 aromatic carbocycles. The standard InChI is InChI=1S/C17H18N2O2/c1-11-9-14(20)5-6-15(11)17(21)19-8-2-3-12-10-13(18)4-7-16(12)19/h4-7,9-10,20H,2-3,8,18H2,1H3. The molecule has 0 radical (unpaired) electrons. The molecule has 21 heavy (non-hydrogen) atoms. The number of fused-ring (bicyclic) bond motifs is 1. The van der Waals surface area contributed by atoms with Gasteiger partial charge in [0.05, 0.1) is 0 Å². The zero-order chi connectivity index (χ0) is 15.0. The fourth-order valence-electron chi connectivity index (χ4n) is 2.86. The largest absolute Gasteiger partial charge is 0.508 e. The molecule has 0 aliphatic carbocycles. The van der Waals surface area contributed by atoms with Crippen molar-refractivity contribution in [1.29, 1.82) is 0 Å². The van der Waals surface area contributed by atoms with Gasteiger partial charge in [-0.05, 0) is 67.3 Å². The number of phenolic OH excluding ortho intramolecular Hbond substituents is 1. The van der Waals surface area contributed by atoms with Gasteiger partial charge in [0.1, 0.15) is 5.75 Å². The average Bonchev–Trinajstić information content (AvgIpc) is 2.45. The van der Waals surface area contributed by atoms with E-state index in [1.165, 1.54) is 0 Å². The number of carbonyl (C=O) groups is 1. The quantitative estimate of drug-likeness (QED) is 0.790. The molecule has 0 atom stereocenters. The monoisotopic (exact) mass is 282 g/mol. The number of nitrogens with two attached hydrogens (primary N) is 1. The third-order valence-electron chi connectivity index (χ3n) is 3.91. The summed E-state index contributed by atoms with van der Waals surface area (Å²) in [5.74, 6) is 0.147. The molecular weight excluding hydrogens is 264 g/mol. The lowest BCUT2D eigenvalue weighted by Crippen LogP contribution is -2.35. The number of benzene rings is 2. The Morgan fingerprint density at radius 2 is 2.05 bits per heavy atom. The van der Waals surface area contributed by atoms with Crippen LogP contribution in [0.1, 0.15) is 27.9 Å². The maximum Gasteiger partial charge on any atom is 0.258 e. The summed E-state index contributed by atoms with van der Waals surface area (Å²) < 4.78 is 0. The highest BCUT2D eigenvalue weighted by atomic mass is 16.3. The molecule has 0 spiro atoms. The van der Waals surface area contributed by atoms with Gasteiger partial charge in [0.25, 0.3) is 5.91 Å². The number of hydrogen-bond acceptors (Lipinski definition) is 3. The normalized spacial score (nSPS) is 13.9. The Bertz CT molecular complexity index is 710. The minimum Gasteiger partial charge on any atom is -0.508 e. The van der Waals surface area contributed by atoms with Crippen LogP contribution >= 0.6 is 0 Å². The van der Waals surface area contributed by atoms with Crippen molar-refractivity contribution >= 4 is 17.3 Å². The molecule has 0 saturated carbocycles. The molecule has 1 amide bonds. The molecular formula is C17H18N2O2. The highest BCUT2D eigenvalue weighted by Crippen LogP contribution is 2.30. The second-order valence-electron chi connectivity index (χ2n) is 5.45. The molecule has 4 heteroatoms. The number of nitrogens with zero attached hydrogens (tertiary/aromatic N) is 1. The van der Waals surface area contributed by atoms with Crippen LogP contribution in [-0.4, -0.2) is 17.6 Å². The Morgan fingerprint density at radius 1 is 1.24 bits per heavy atom. The van der Waals surface area contributed by atoms with Gasteiger partial charge < -0.3 is 15.7 Å². The van der Waals surface area contributed by atoms with E-state index in [1.54, 1.807) is 23.1 Å². The number of hydrogen-bond donors (Lipinski definition) is 2. The summed E-state index contributed by atoms with van der Waals surface area (Å²) in [6.07, 6.45) is 1.87. The number of carbonyl (C=O) groups excluding carboxylic acids is 1. The van der Waals surface area contributed by atoms with E-state index in [1.807, 2.05) is 25.1 Å². The summed E-state index contributed by atoms with van der Waals surface area (Å²) in [4.78, 5) is 14.6. The van der Waals surface area contributed by atoms with E-state index in [4.69, 9.17) is 5.73 Å². The van der Waals surface area contributed by atoms with Crippen molar-refractivity contribution in [3.05, 3.63) is 53.1 Å². The first-order valence-corrected chi connectivity index (χ1v) is 7.06. The van der Waals surface area contributed by atoms with E-state index in [9.17, 15) is 9.90 Å². The lowest BCUT2D eigenvalue weighted by Gasteiger charge is -2.30. The zero-order valence-electron chi connectivity index (χ0n) is 12.0. The number of aromatic hydroxyl groups is 1. The first kappa shape index (κ1) is 13.5. The first-order valence-electron chi connectivity index (χ1n) is 7.06. The molecule has 0 fully saturated rings. The van der Waals surface area contributed by atoms with Crippen LogP contribution in [-0.2, 0) is 6.42 Å². The van der Waals surface area contributed by atoms with Crippen LogP contribution in [0.3, 0.4) is 0 Å². The number of aryl methyl sites for hydroxylation is 2. The van der Waals surface area contributed by atoms with Gasteiger partial charge in [-0.1, -0.05) is 0 Å². The van der Waals surface area contributed by atoms with Crippen molar-refractivity contribution in [3.63, 3.8) is 0 Å². The highest BCUT2D eigenvalue weighted by molar-refractivity contribution is 6.07. The van der Waals surface area contributed by atoms with E-state index in [0.29, 0.717) is 12.1 Å². The van der Waals surface area contributed by atoms with Gasteiger partial charge in [0.2, 0.25) is 0 Å². The summed E-state index contributed by atoms with van der Waals surface area (Å²) in [7, 11) is 0. The van der Waals surface area contributed by atoms with Crippen LogP contribution in [0.5, 0.6) is 5.75 Å². The fourth-order valence-corrected chi connectivity index (χ4v) is 2.86. The lowest BCUT2D eigenvalue weighted by atomic mass is 9.99. The van der Waals surface area contributed by atoms with Crippen molar-refractivity contribution in [2.45, 2.75) is 19.8 Å². The molecule has 0 saturated heterocycles. The van der Waals surface area contributed by atoms with Crippen LogP contribution in [0.15, 0.2) is 36.4 Å². The number of rotatable bonds is 1. The Balaban J connectivity index is 2.00. The predicted molar refractivity (Wildman–Crippen MR) is 83.7 cm³/mol. The molecule has 4 nitrogen and oxygen atoms in total. The minimum absolute atomic E-state index is 0.0294. The Kier molecular flexibility index (Phi) is 3.29. The fraction of sp³-hybridized carbons (Fsp3) is 0.235. The van der Waals surface area contributed by atoms with E-state index in [2.05, 4.69) is 0 Å². The lowest BCUT2D eigenvalue weighted by molar-refractivity contribution is 0.0984. The maximum absolute atomic E-state index is 12.8. The summed E-state index contributed by atoms with van der Waals surface area (Å²) in [6, 6.07) is 10.5. The van der Waals surface area contributed by atoms with Crippen LogP contribution in [0, 0.1) is 6.92 Å². The molecule has 3 rings (SSSR count). The van der Waals surface area contributed by atoms with Gasteiger partial charge in [-0.3, -0.25) is 4.79 Å². The number of nitrogen functional groups attached to an aromatic ring is 1. The SMILES string of the molecule is Cc1cc(O)ccc1C(=O)N1CCCc2cc(N)ccc21. The number of phenols is 1. The Morgan fingerprint density at radius 3 is 2.81 bits per heavy atom. The Hall–Kier alpha value is -2.49. The van der Waals surface area contributed by atoms with E-state index >= 15 is 0 Å². The van der Waals surface area contributed by atoms with Crippen LogP contribution in [0.2, 0.25) is 0 Å². The van der Waals surface area contributed by atoms with Gasteiger partial charge in [-0.15, -0.1) is 0 Å². The van der Waals surface area contributed by atoms with Gasteiger partial charge in [0, 0.05) is 23.5 Å². The molecule has 108 valence electrons. The molecule has 3 N–H and O–H groups in total. The van der Waals surface area contributed by atoms with E-state index < -0.39 is 0 Å². The molecule has 1 aliphatic heterocycles. The van der Waals surface area contributed by atoms with Gasteiger partial charge in [0.15, 0.2) is 0 Å². The van der Waals surface area contributed by atoms with Crippen LogP contribution < -0.4 is 10.6 Å². The maximum atomic E-state index is 12.8.